The molecule has 1 heterocycles. The topological polar surface area (TPSA) is 103 Å². The number of nitrogens with one attached hydrogen (secondary N) is 4. The second-order valence-corrected chi connectivity index (χ2v) is 4.89. The Hall–Kier alpha value is -1.67. The highest BCUT2D eigenvalue weighted by atomic mass is 16.2. The molecule has 1 rings (SSSR count). The molecule has 8 nitrogen and oxygen atoms in total. The summed E-state index contributed by atoms with van der Waals surface area (Å²) in [6.07, 6.45) is 0.804. The van der Waals surface area contributed by atoms with E-state index in [4.69, 9.17) is 0 Å². The lowest BCUT2D eigenvalue weighted by molar-refractivity contribution is -0.129. The third-order valence-corrected chi connectivity index (χ3v) is 3.14. The Bertz CT molecular complexity index is 375. The molecular weight excluding hydrogens is 274 g/mol. The van der Waals surface area contributed by atoms with Gasteiger partial charge in [0.05, 0.1) is 6.54 Å². The van der Waals surface area contributed by atoms with Crippen molar-refractivity contribution in [2.24, 2.45) is 0 Å². The van der Waals surface area contributed by atoms with Crippen molar-refractivity contribution >= 4 is 17.8 Å². The molecule has 0 aliphatic carbocycles. The molecule has 1 atom stereocenters. The van der Waals surface area contributed by atoms with Crippen molar-refractivity contribution in [2.45, 2.75) is 26.3 Å². The molecule has 0 spiro atoms. The van der Waals surface area contributed by atoms with E-state index < -0.39 is 11.9 Å². The number of rotatable bonds is 6. The van der Waals surface area contributed by atoms with E-state index in [0.717, 1.165) is 6.42 Å². The highest BCUT2D eigenvalue weighted by molar-refractivity contribution is 5.95. The molecule has 4 N–H and O–H groups in total. The van der Waals surface area contributed by atoms with Gasteiger partial charge in [-0.1, -0.05) is 6.92 Å². The highest BCUT2D eigenvalue weighted by Crippen LogP contribution is 2.03. The van der Waals surface area contributed by atoms with Crippen LogP contribution in [0.5, 0.6) is 0 Å². The van der Waals surface area contributed by atoms with Crippen LogP contribution in [0.25, 0.3) is 0 Å². The molecule has 120 valence electrons. The Kier molecular flexibility index (Phi) is 7.70. The van der Waals surface area contributed by atoms with Gasteiger partial charge in [0.2, 0.25) is 11.8 Å². The van der Waals surface area contributed by atoms with Gasteiger partial charge < -0.3 is 16.0 Å². The minimum atomic E-state index is -0.494. The van der Waals surface area contributed by atoms with Gasteiger partial charge in [-0.15, -0.1) is 0 Å². The van der Waals surface area contributed by atoms with Gasteiger partial charge in [0, 0.05) is 32.7 Å². The fraction of sp³-hybridized carbons (Fsp3) is 0.769. The summed E-state index contributed by atoms with van der Waals surface area (Å²) in [7, 11) is 0. The number of carbonyl (C=O) groups excluding carboxylic acids is 3. The minimum Gasteiger partial charge on any atom is -0.355 e. The number of hydrogen-bond acceptors (Lipinski definition) is 5. The zero-order valence-electron chi connectivity index (χ0n) is 12.7. The standard InChI is InChI=1S/C13H25N5O3/c1-3-5-16-13(21)17-11(19)9-18-7-6-14-8-10(18)12(20)15-4-2/h10,14H,3-9H2,1-2H3,(H,15,20)(H2,16,17,19,21). The third kappa shape index (κ3) is 6.09. The number of amides is 4. The van der Waals surface area contributed by atoms with Crippen LogP contribution in [-0.4, -0.2) is 68.1 Å². The molecule has 0 radical (unpaired) electrons. The average Bonchev–Trinajstić information content (AvgIpc) is 2.45. The quantitative estimate of drug-likeness (QED) is 0.485. The number of urea groups is 1. The van der Waals surface area contributed by atoms with E-state index in [2.05, 4.69) is 21.3 Å². The van der Waals surface area contributed by atoms with Crippen LogP contribution in [0, 0.1) is 0 Å². The van der Waals surface area contributed by atoms with Gasteiger partial charge in [-0.2, -0.15) is 0 Å². The van der Waals surface area contributed by atoms with Crippen molar-refractivity contribution in [3.8, 4) is 0 Å². The van der Waals surface area contributed by atoms with E-state index in [1.807, 2.05) is 13.8 Å². The van der Waals surface area contributed by atoms with E-state index in [0.29, 0.717) is 32.7 Å². The van der Waals surface area contributed by atoms with Crippen molar-refractivity contribution in [1.82, 2.24) is 26.2 Å². The number of nitrogens with zero attached hydrogens (tertiary/aromatic N) is 1. The van der Waals surface area contributed by atoms with Gasteiger partial charge in [0.15, 0.2) is 0 Å². The second-order valence-electron chi connectivity index (χ2n) is 4.89. The van der Waals surface area contributed by atoms with Gasteiger partial charge in [0.1, 0.15) is 6.04 Å². The highest BCUT2D eigenvalue weighted by Gasteiger charge is 2.29. The van der Waals surface area contributed by atoms with Crippen molar-refractivity contribution in [3.63, 3.8) is 0 Å². The normalized spacial score (nSPS) is 18.9. The maximum Gasteiger partial charge on any atom is 0.321 e. The van der Waals surface area contributed by atoms with Crippen LogP contribution in [0.3, 0.4) is 0 Å². The summed E-state index contributed by atoms with van der Waals surface area (Å²) in [6, 6.07) is -0.880. The minimum absolute atomic E-state index is 0.0308. The molecule has 1 unspecified atom stereocenters. The molecule has 0 saturated carbocycles. The summed E-state index contributed by atoms with van der Waals surface area (Å²) in [5.74, 6) is -0.507. The molecule has 1 aliphatic rings. The number of piperazine rings is 1. The molecule has 1 fully saturated rings. The van der Waals surface area contributed by atoms with Crippen LogP contribution in [0.1, 0.15) is 20.3 Å². The molecule has 8 heteroatoms. The molecular formula is C13H25N5O3. The van der Waals surface area contributed by atoms with Gasteiger partial charge in [0.25, 0.3) is 0 Å². The first-order valence-electron chi connectivity index (χ1n) is 7.38. The lowest BCUT2D eigenvalue weighted by Gasteiger charge is -2.34. The number of carbonyl (C=O) groups is 3. The first-order chi connectivity index (χ1) is 10.1. The fourth-order valence-corrected chi connectivity index (χ4v) is 2.12. The van der Waals surface area contributed by atoms with E-state index >= 15 is 0 Å². The van der Waals surface area contributed by atoms with Crippen LogP contribution in [0.15, 0.2) is 0 Å². The monoisotopic (exact) mass is 299 g/mol. The summed E-state index contributed by atoms with van der Waals surface area (Å²) in [5, 5.41) is 10.7. The summed E-state index contributed by atoms with van der Waals surface area (Å²) in [6.45, 7) is 6.69. The number of likely N-dealkylation sites (N-methyl/N-ethyl adjacent to an activating group) is 1. The smallest absolute Gasteiger partial charge is 0.321 e. The Balaban J connectivity index is 2.47. The third-order valence-electron chi connectivity index (χ3n) is 3.14. The molecule has 4 amide bonds. The van der Waals surface area contributed by atoms with E-state index in [-0.39, 0.29) is 18.5 Å². The van der Waals surface area contributed by atoms with Gasteiger partial charge in [-0.25, -0.2) is 4.79 Å². The van der Waals surface area contributed by atoms with Crippen LogP contribution in [0.4, 0.5) is 4.79 Å². The zero-order valence-corrected chi connectivity index (χ0v) is 12.7. The first kappa shape index (κ1) is 17.4. The molecule has 21 heavy (non-hydrogen) atoms. The Labute approximate surface area is 125 Å². The van der Waals surface area contributed by atoms with Gasteiger partial charge >= 0.3 is 6.03 Å². The number of imide groups is 1. The maximum atomic E-state index is 11.9. The Morgan fingerprint density at radius 3 is 2.67 bits per heavy atom. The fourth-order valence-electron chi connectivity index (χ4n) is 2.12. The van der Waals surface area contributed by atoms with Crippen LogP contribution >= 0.6 is 0 Å². The average molecular weight is 299 g/mol. The number of hydrogen-bond donors (Lipinski definition) is 4. The summed E-state index contributed by atoms with van der Waals surface area (Å²) in [4.78, 5) is 37.0. The maximum absolute atomic E-state index is 11.9. The Morgan fingerprint density at radius 2 is 2.00 bits per heavy atom. The second kappa shape index (κ2) is 9.30. The summed E-state index contributed by atoms with van der Waals surface area (Å²) >= 11 is 0. The molecule has 1 aliphatic heterocycles. The first-order valence-corrected chi connectivity index (χ1v) is 7.38. The van der Waals surface area contributed by atoms with Crippen molar-refractivity contribution in [3.05, 3.63) is 0 Å². The molecule has 0 aromatic heterocycles. The van der Waals surface area contributed by atoms with E-state index in [1.54, 1.807) is 4.90 Å². The van der Waals surface area contributed by atoms with Crippen molar-refractivity contribution in [1.29, 1.82) is 0 Å². The summed E-state index contributed by atoms with van der Waals surface area (Å²) in [5.41, 5.74) is 0. The van der Waals surface area contributed by atoms with Crippen molar-refractivity contribution in [2.75, 3.05) is 39.3 Å². The van der Waals surface area contributed by atoms with E-state index in [9.17, 15) is 14.4 Å². The predicted molar refractivity (Wildman–Crippen MR) is 78.7 cm³/mol. The summed E-state index contributed by atoms with van der Waals surface area (Å²) < 4.78 is 0. The van der Waals surface area contributed by atoms with Gasteiger partial charge in [-0.3, -0.25) is 19.8 Å². The lowest BCUT2D eigenvalue weighted by atomic mass is 10.1. The van der Waals surface area contributed by atoms with Crippen LogP contribution in [0.2, 0.25) is 0 Å². The van der Waals surface area contributed by atoms with Gasteiger partial charge in [-0.05, 0) is 13.3 Å². The van der Waals surface area contributed by atoms with Crippen LogP contribution in [-0.2, 0) is 9.59 Å². The van der Waals surface area contributed by atoms with Crippen LogP contribution < -0.4 is 21.3 Å². The van der Waals surface area contributed by atoms with E-state index in [1.165, 1.54) is 0 Å². The molecule has 0 aromatic rings. The molecule has 1 saturated heterocycles. The largest absolute Gasteiger partial charge is 0.355 e. The molecule has 0 bridgehead atoms. The van der Waals surface area contributed by atoms with Crippen molar-refractivity contribution < 1.29 is 14.4 Å². The lowest BCUT2D eigenvalue weighted by Crippen LogP contribution is -2.60. The zero-order chi connectivity index (χ0) is 15.7. The molecule has 0 aromatic carbocycles. The SMILES string of the molecule is CCCNC(=O)NC(=O)CN1CCNCC1C(=O)NCC. The predicted octanol–water partition coefficient (Wildman–Crippen LogP) is -1.37. The Morgan fingerprint density at radius 1 is 1.24 bits per heavy atom.